The fourth-order valence-corrected chi connectivity index (χ4v) is 3.13. The molecule has 1 aliphatic rings. The first kappa shape index (κ1) is 15.5. The van der Waals surface area contributed by atoms with Crippen LogP contribution in [-0.4, -0.2) is 39.0 Å². The van der Waals surface area contributed by atoms with E-state index in [-0.39, 0.29) is 17.5 Å². The number of hydrogen-bond donors (Lipinski definition) is 1. The standard InChI is InChI=1S/C16H20N4O3/c1-3-12-14(10(2)23-19-12)15(21)20-8-4-5-11(9-20)13-6-7-17-16(22)18-13/h6-7,11H,3-5,8-9H2,1-2H3,(H,17,18,22)/t11-/m0/s1. The van der Waals surface area contributed by atoms with Crippen molar-refractivity contribution in [3.05, 3.63) is 45.5 Å². The van der Waals surface area contributed by atoms with Crippen LogP contribution in [0.4, 0.5) is 0 Å². The Hall–Kier alpha value is -2.44. The Balaban J connectivity index is 1.82. The topological polar surface area (TPSA) is 92.1 Å². The molecule has 1 atom stereocenters. The van der Waals surface area contributed by atoms with E-state index in [1.54, 1.807) is 6.92 Å². The van der Waals surface area contributed by atoms with Crippen molar-refractivity contribution < 1.29 is 9.32 Å². The average molecular weight is 316 g/mol. The number of carbonyl (C=O) groups is 1. The summed E-state index contributed by atoms with van der Waals surface area (Å²) in [6, 6.07) is 1.81. The minimum atomic E-state index is -0.353. The Morgan fingerprint density at radius 3 is 3.09 bits per heavy atom. The van der Waals surface area contributed by atoms with E-state index in [4.69, 9.17) is 4.52 Å². The maximum Gasteiger partial charge on any atom is 0.345 e. The highest BCUT2D eigenvalue weighted by Crippen LogP contribution is 2.27. The normalized spacial score (nSPS) is 18.2. The molecular weight excluding hydrogens is 296 g/mol. The quantitative estimate of drug-likeness (QED) is 0.929. The molecular formula is C16H20N4O3. The molecule has 122 valence electrons. The zero-order valence-electron chi connectivity index (χ0n) is 13.3. The van der Waals surface area contributed by atoms with Gasteiger partial charge in [0.2, 0.25) is 0 Å². The van der Waals surface area contributed by atoms with E-state index in [0.29, 0.717) is 36.5 Å². The second kappa shape index (κ2) is 6.36. The van der Waals surface area contributed by atoms with E-state index < -0.39 is 0 Å². The summed E-state index contributed by atoms with van der Waals surface area (Å²) in [7, 11) is 0. The number of aryl methyl sites for hydroxylation is 2. The fraction of sp³-hybridized carbons (Fsp3) is 0.500. The lowest BCUT2D eigenvalue weighted by atomic mass is 9.94. The van der Waals surface area contributed by atoms with Crippen LogP contribution in [0.1, 0.15) is 53.2 Å². The predicted molar refractivity (Wildman–Crippen MR) is 83.4 cm³/mol. The molecule has 1 amide bonds. The average Bonchev–Trinajstić information content (AvgIpc) is 2.95. The van der Waals surface area contributed by atoms with E-state index >= 15 is 0 Å². The summed E-state index contributed by atoms with van der Waals surface area (Å²) in [5, 5.41) is 3.96. The Morgan fingerprint density at radius 1 is 1.52 bits per heavy atom. The van der Waals surface area contributed by atoms with Crippen LogP contribution in [0, 0.1) is 6.92 Å². The number of amides is 1. The molecule has 2 aromatic heterocycles. The summed E-state index contributed by atoms with van der Waals surface area (Å²) in [6.07, 6.45) is 4.00. The molecule has 0 saturated carbocycles. The van der Waals surface area contributed by atoms with Crippen molar-refractivity contribution in [2.75, 3.05) is 13.1 Å². The van der Waals surface area contributed by atoms with Crippen molar-refractivity contribution in [2.24, 2.45) is 0 Å². The minimum Gasteiger partial charge on any atom is -0.361 e. The molecule has 3 rings (SSSR count). The lowest BCUT2D eigenvalue weighted by Gasteiger charge is -2.32. The molecule has 23 heavy (non-hydrogen) atoms. The summed E-state index contributed by atoms with van der Waals surface area (Å²) < 4.78 is 5.17. The third-order valence-corrected chi connectivity index (χ3v) is 4.33. The van der Waals surface area contributed by atoms with Gasteiger partial charge in [-0.15, -0.1) is 0 Å². The maximum atomic E-state index is 12.8. The number of aromatic amines is 1. The molecule has 2 aromatic rings. The maximum absolute atomic E-state index is 12.8. The van der Waals surface area contributed by atoms with Gasteiger partial charge in [0.1, 0.15) is 11.3 Å². The molecule has 0 unspecified atom stereocenters. The third-order valence-electron chi connectivity index (χ3n) is 4.33. The van der Waals surface area contributed by atoms with E-state index in [1.165, 1.54) is 6.20 Å². The highest BCUT2D eigenvalue weighted by Gasteiger charge is 2.29. The first-order chi connectivity index (χ1) is 11.1. The minimum absolute atomic E-state index is 0.0401. The van der Waals surface area contributed by atoms with Gasteiger partial charge < -0.3 is 14.4 Å². The van der Waals surface area contributed by atoms with Crippen molar-refractivity contribution in [1.29, 1.82) is 0 Å². The third kappa shape index (κ3) is 3.04. The molecule has 3 heterocycles. The number of nitrogens with one attached hydrogen (secondary N) is 1. The van der Waals surface area contributed by atoms with E-state index in [9.17, 15) is 9.59 Å². The molecule has 0 spiro atoms. The Kier molecular flexibility index (Phi) is 4.27. The first-order valence-electron chi connectivity index (χ1n) is 7.89. The zero-order chi connectivity index (χ0) is 16.4. The predicted octanol–water partition coefficient (Wildman–Crippen LogP) is 1.65. The molecule has 1 saturated heterocycles. The van der Waals surface area contributed by atoms with Gasteiger partial charge in [-0.2, -0.15) is 0 Å². The van der Waals surface area contributed by atoms with Crippen LogP contribution in [0.2, 0.25) is 0 Å². The van der Waals surface area contributed by atoms with Gasteiger partial charge in [-0.25, -0.2) is 9.78 Å². The Labute approximate surface area is 133 Å². The Bertz CT molecular complexity index is 765. The number of carbonyl (C=O) groups excluding carboxylic acids is 1. The van der Waals surface area contributed by atoms with Crippen molar-refractivity contribution in [3.8, 4) is 0 Å². The number of rotatable bonds is 3. The number of likely N-dealkylation sites (tertiary alicyclic amines) is 1. The molecule has 7 heteroatoms. The first-order valence-corrected chi connectivity index (χ1v) is 7.89. The molecule has 0 radical (unpaired) electrons. The molecule has 7 nitrogen and oxygen atoms in total. The SMILES string of the molecule is CCc1noc(C)c1C(=O)N1CCC[C@H](c2ccnc(=O)[nH]2)C1. The summed E-state index contributed by atoms with van der Waals surface area (Å²) in [5.74, 6) is 0.640. The van der Waals surface area contributed by atoms with E-state index in [1.807, 2.05) is 17.9 Å². The fourth-order valence-electron chi connectivity index (χ4n) is 3.13. The number of nitrogens with zero attached hydrogens (tertiary/aromatic N) is 3. The molecule has 1 aliphatic heterocycles. The van der Waals surface area contributed by atoms with Gasteiger partial charge >= 0.3 is 5.69 Å². The Morgan fingerprint density at radius 2 is 2.35 bits per heavy atom. The van der Waals surface area contributed by atoms with E-state index in [0.717, 1.165) is 18.5 Å². The van der Waals surface area contributed by atoms with Gasteiger partial charge in [0.25, 0.3) is 5.91 Å². The van der Waals surface area contributed by atoms with Gasteiger partial charge in [0.05, 0.1) is 5.69 Å². The van der Waals surface area contributed by atoms with Gasteiger partial charge in [0, 0.05) is 30.9 Å². The monoisotopic (exact) mass is 316 g/mol. The number of hydrogen-bond acceptors (Lipinski definition) is 5. The van der Waals surface area contributed by atoms with Crippen LogP contribution >= 0.6 is 0 Å². The number of piperidine rings is 1. The molecule has 0 aromatic carbocycles. The summed E-state index contributed by atoms with van der Waals surface area (Å²) in [6.45, 7) is 5.00. The van der Waals surface area contributed by atoms with Crippen LogP contribution in [0.3, 0.4) is 0 Å². The van der Waals surface area contributed by atoms with Gasteiger partial charge in [-0.3, -0.25) is 4.79 Å². The van der Waals surface area contributed by atoms with Crippen molar-refractivity contribution in [1.82, 2.24) is 20.0 Å². The van der Waals surface area contributed by atoms with Gasteiger partial charge in [-0.1, -0.05) is 12.1 Å². The van der Waals surface area contributed by atoms with E-state index in [2.05, 4.69) is 15.1 Å². The molecule has 0 aliphatic carbocycles. The highest BCUT2D eigenvalue weighted by atomic mass is 16.5. The largest absolute Gasteiger partial charge is 0.361 e. The summed E-state index contributed by atoms with van der Waals surface area (Å²) >= 11 is 0. The molecule has 0 bridgehead atoms. The molecule has 1 fully saturated rings. The lowest BCUT2D eigenvalue weighted by Crippen LogP contribution is -2.40. The van der Waals surface area contributed by atoms with Crippen LogP contribution < -0.4 is 5.69 Å². The van der Waals surface area contributed by atoms with Crippen molar-refractivity contribution in [3.63, 3.8) is 0 Å². The van der Waals surface area contributed by atoms with Crippen LogP contribution in [-0.2, 0) is 6.42 Å². The van der Waals surface area contributed by atoms with Crippen LogP contribution in [0.25, 0.3) is 0 Å². The lowest BCUT2D eigenvalue weighted by molar-refractivity contribution is 0.0703. The van der Waals surface area contributed by atoms with Crippen molar-refractivity contribution >= 4 is 5.91 Å². The highest BCUT2D eigenvalue weighted by molar-refractivity contribution is 5.96. The van der Waals surface area contributed by atoms with Crippen LogP contribution in [0.5, 0.6) is 0 Å². The van der Waals surface area contributed by atoms with Gasteiger partial charge in [-0.05, 0) is 32.3 Å². The smallest absolute Gasteiger partial charge is 0.345 e. The summed E-state index contributed by atoms with van der Waals surface area (Å²) in [5.41, 5.74) is 1.76. The summed E-state index contributed by atoms with van der Waals surface area (Å²) in [4.78, 5) is 32.5. The van der Waals surface area contributed by atoms with Crippen LogP contribution in [0.15, 0.2) is 21.6 Å². The second-order valence-corrected chi connectivity index (χ2v) is 5.83. The zero-order valence-corrected chi connectivity index (χ0v) is 13.3. The second-order valence-electron chi connectivity index (χ2n) is 5.83. The van der Waals surface area contributed by atoms with Gasteiger partial charge in [0.15, 0.2) is 0 Å². The number of H-pyrrole nitrogens is 1. The van der Waals surface area contributed by atoms with Crippen molar-refractivity contribution in [2.45, 2.75) is 39.0 Å². The number of aromatic nitrogens is 3. The molecule has 1 N–H and O–H groups in total.